The minimum atomic E-state index is -3.58. The molecule has 5 nitrogen and oxygen atoms in total. The van der Waals surface area contributed by atoms with Crippen molar-refractivity contribution in [1.82, 2.24) is 14.3 Å². The summed E-state index contributed by atoms with van der Waals surface area (Å²) in [5.74, 6) is 0.722. The minimum Gasteiger partial charge on any atom is -0.324 e. The molecule has 0 amide bonds. The fraction of sp³-hybridized carbons (Fsp3) is 0.727. The summed E-state index contributed by atoms with van der Waals surface area (Å²) in [4.78, 5) is 3.85. The third kappa shape index (κ3) is 2.06. The van der Waals surface area contributed by atoms with Crippen LogP contribution in [0.1, 0.15) is 25.7 Å². The van der Waals surface area contributed by atoms with E-state index in [-0.39, 0.29) is 15.6 Å². The number of hydrogen-bond donors (Lipinski definition) is 1. The number of nitrogens with one attached hydrogen (secondary N) is 1. The Bertz CT molecular complexity index is 573. The number of aryl methyl sites for hydroxylation is 1. The monoisotopic (exact) mass is 289 g/mol. The van der Waals surface area contributed by atoms with Crippen molar-refractivity contribution in [3.8, 4) is 0 Å². The molecule has 2 fully saturated rings. The van der Waals surface area contributed by atoms with Crippen LogP contribution < -0.4 is 4.72 Å². The number of sulfonamides is 1. The molecule has 1 aromatic heterocycles. The van der Waals surface area contributed by atoms with Gasteiger partial charge in [0, 0.05) is 13.6 Å². The second-order valence-corrected chi connectivity index (χ2v) is 7.45. The number of rotatable bonds is 5. The van der Waals surface area contributed by atoms with Gasteiger partial charge in [-0.05, 0) is 37.0 Å². The highest BCUT2D eigenvalue weighted by Crippen LogP contribution is 2.60. The van der Waals surface area contributed by atoms with E-state index in [0.29, 0.717) is 6.54 Å². The Morgan fingerprint density at radius 3 is 2.67 bits per heavy atom. The zero-order valence-electron chi connectivity index (χ0n) is 10.2. The number of hydrogen-bond acceptors (Lipinski definition) is 3. The Kier molecular flexibility index (Phi) is 2.73. The van der Waals surface area contributed by atoms with E-state index < -0.39 is 10.0 Å². The number of nitrogens with zero attached hydrogens (tertiary/aromatic N) is 2. The lowest BCUT2D eigenvalue weighted by Crippen LogP contribution is -2.31. The van der Waals surface area contributed by atoms with Gasteiger partial charge in [-0.3, -0.25) is 0 Å². The van der Waals surface area contributed by atoms with Gasteiger partial charge < -0.3 is 4.57 Å². The molecule has 0 radical (unpaired) electrons. The third-order valence-corrected chi connectivity index (χ3v) is 5.93. The van der Waals surface area contributed by atoms with Crippen LogP contribution in [-0.2, 0) is 17.1 Å². The highest BCUT2D eigenvalue weighted by molar-refractivity contribution is 7.89. The lowest BCUT2D eigenvalue weighted by molar-refractivity contribution is 0.431. The number of halogens is 1. The van der Waals surface area contributed by atoms with E-state index >= 15 is 0 Å². The maximum Gasteiger partial charge on any atom is 0.261 e. The first-order valence-corrected chi connectivity index (χ1v) is 7.97. The molecule has 0 atom stereocenters. The van der Waals surface area contributed by atoms with E-state index in [4.69, 9.17) is 11.6 Å². The molecule has 1 heterocycles. The highest BCUT2D eigenvalue weighted by atomic mass is 35.5. The van der Waals surface area contributed by atoms with E-state index in [1.54, 1.807) is 7.05 Å². The van der Waals surface area contributed by atoms with Gasteiger partial charge in [0.1, 0.15) is 5.15 Å². The normalized spacial score (nSPS) is 22.1. The van der Waals surface area contributed by atoms with Gasteiger partial charge in [-0.15, -0.1) is 0 Å². The Labute approximate surface area is 112 Å². The summed E-state index contributed by atoms with van der Waals surface area (Å²) >= 11 is 5.92. The van der Waals surface area contributed by atoms with Crippen molar-refractivity contribution in [2.45, 2.75) is 30.7 Å². The molecule has 18 heavy (non-hydrogen) atoms. The fourth-order valence-corrected chi connectivity index (χ4v) is 4.03. The quantitative estimate of drug-likeness (QED) is 0.894. The van der Waals surface area contributed by atoms with Crippen molar-refractivity contribution in [2.24, 2.45) is 18.4 Å². The molecule has 100 valence electrons. The van der Waals surface area contributed by atoms with Gasteiger partial charge in [0.2, 0.25) is 5.03 Å². The largest absolute Gasteiger partial charge is 0.324 e. The van der Waals surface area contributed by atoms with Crippen LogP contribution in [0.3, 0.4) is 0 Å². The molecule has 7 heteroatoms. The van der Waals surface area contributed by atoms with Crippen LogP contribution >= 0.6 is 11.6 Å². The molecule has 0 spiro atoms. The second kappa shape index (κ2) is 3.95. The first-order valence-electron chi connectivity index (χ1n) is 6.11. The lowest BCUT2D eigenvalue weighted by atomic mass is 10.0. The Morgan fingerprint density at radius 1 is 1.56 bits per heavy atom. The highest BCUT2D eigenvalue weighted by Gasteiger charge is 2.53. The predicted octanol–water partition coefficient (Wildman–Crippen LogP) is 1.54. The number of aromatic nitrogens is 2. The van der Waals surface area contributed by atoms with Gasteiger partial charge in [-0.25, -0.2) is 18.1 Å². The summed E-state index contributed by atoms with van der Waals surface area (Å²) < 4.78 is 28.4. The zero-order valence-corrected chi connectivity index (χ0v) is 11.8. The molecule has 0 aromatic carbocycles. The lowest BCUT2D eigenvalue weighted by Gasteiger charge is -2.14. The summed E-state index contributed by atoms with van der Waals surface area (Å²) in [5, 5.41) is 0.0806. The van der Waals surface area contributed by atoms with Crippen LogP contribution in [0.5, 0.6) is 0 Å². The molecule has 2 aliphatic carbocycles. The summed E-state index contributed by atoms with van der Waals surface area (Å²) in [5.41, 5.74) is 0.230. The molecule has 0 unspecified atom stereocenters. The smallest absolute Gasteiger partial charge is 0.261 e. The molecule has 1 N–H and O–H groups in total. The molecule has 0 bridgehead atoms. The van der Waals surface area contributed by atoms with E-state index in [1.165, 1.54) is 23.7 Å². The average Bonchev–Trinajstić information content (AvgIpc) is 3.19. The molecule has 0 aliphatic heterocycles. The van der Waals surface area contributed by atoms with E-state index in [9.17, 15) is 8.42 Å². The maximum atomic E-state index is 12.1. The predicted molar refractivity (Wildman–Crippen MR) is 67.8 cm³/mol. The summed E-state index contributed by atoms with van der Waals surface area (Å²) in [7, 11) is -1.92. The van der Waals surface area contributed by atoms with Crippen molar-refractivity contribution < 1.29 is 8.42 Å². The Hall–Kier alpha value is -0.590. The first-order chi connectivity index (χ1) is 8.45. The maximum absolute atomic E-state index is 12.1. The average molecular weight is 290 g/mol. The topological polar surface area (TPSA) is 64.0 Å². The summed E-state index contributed by atoms with van der Waals surface area (Å²) in [6.07, 6.45) is 6.16. The van der Waals surface area contributed by atoms with Gasteiger partial charge in [0.05, 0.1) is 6.33 Å². The van der Waals surface area contributed by atoms with E-state index in [0.717, 1.165) is 18.8 Å². The first kappa shape index (κ1) is 12.4. The van der Waals surface area contributed by atoms with Gasteiger partial charge in [0.25, 0.3) is 10.0 Å². The van der Waals surface area contributed by atoms with Crippen molar-refractivity contribution in [3.05, 3.63) is 11.5 Å². The van der Waals surface area contributed by atoms with E-state index in [1.807, 2.05) is 0 Å². The SMILES string of the molecule is Cn1cnc(S(=O)(=O)NCC2(C3CC3)CC2)c1Cl. The van der Waals surface area contributed by atoms with Gasteiger partial charge in [-0.1, -0.05) is 11.6 Å². The molecular formula is C11H16ClN3O2S. The van der Waals surface area contributed by atoms with Crippen LogP contribution in [0.2, 0.25) is 5.15 Å². The Morgan fingerprint density at radius 2 is 2.22 bits per heavy atom. The molecule has 2 aliphatic rings. The second-order valence-electron chi connectivity index (χ2n) is 5.41. The zero-order chi connectivity index (χ0) is 13.0. The van der Waals surface area contributed by atoms with Crippen molar-refractivity contribution in [3.63, 3.8) is 0 Å². The van der Waals surface area contributed by atoms with Crippen LogP contribution in [0.4, 0.5) is 0 Å². The van der Waals surface area contributed by atoms with E-state index in [2.05, 4.69) is 9.71 Å². The van der Waals surface area contributed by atoms with Crippen molar-refractivity contribution in [1.29, 1.82) is 0 Å². The third-order valence-electron chi connectivity index (χ3n) is 4.04. The van der Waals surface area contributed by atoms with Crippen LogP contribution in [-0.4, -0.2) is 24.5 Å². The van der Waals surface area contributed by atoms with Crippen LogP contribution in [0.25, 0.3) is 0 Å². The molecule has 1 aromatic rings. The Balaban J connectivity index is 1.73. The van der Waals surface area contributed by atoms with Gasteiger partial charge >= 0.3 is 0 Å². The molecule has 2 saturated carbocycles. The summed E-state index contributed by atoms with van der Waals surface area (Å²) in [6, 6.07) is 0. The van der Waals surface area contributed by atoms with Crippen LogP contribution in [0, 0.1) is 11.3 Å². The minimum absolute atomic E-state index is 0.0711. The standard InChI is InChI=1S/C11H16ClN3O2S/c1-15-7-13-10(9(15)12)18(16,17)14-6-11(4-5-11)8-2-3-8/h7-8,14H,2-6H2,1H3. The molecule has 0 saturated heterocycles. The fourth-order valence-electron chi connectivity index (χ4n) is 2.47. The van der Waals surface area contributed by atoms with Gasteiger partial charge in [0.15, 0.2) is 0 Å². The van der Waals surface area contributed by atoms with Crippen molar-refractivity contribution in [2.75, 3.05) is 6.54 Å². The van der Waals surface area contributed by atoms with Crippen LogP contribution in [0.15, 0.2) is 11.4 Å². The molecule has 3 rings (SSSR count). The number of imidazole rings is 1. The summed E-state index contributed by atoms with van der Waals surface area (Å²) in [6.45, 7) is 0.521. The van der Waals surface area contributed by atoms with Gasteiger partial charge in [-0.2, -0.15) is 0 Å². The van der Waals surface area contributed by atoms with Crippen molar-refractivity contribution >= 4 is 21.6 Å². The molecular weight excluding hydrogens is 274 g/mol.